The van der Waals surface area contributed by atoms with E-state index in [0.29, 0.717) is 5.25 Å². The van der Waals surface area contributed by atoms with Gasteiger partial charge in [-0.2, -0.15) is 0 Å². The summed E-state index contributed by atoms with van der Waals surface area (Å²) < 4.78 is 0. The fourth-order valence-electron chi connectivity index (χ4n) is 3.63. The predicted octanol–water partition coefficient (Wildman–Crippen LogP) is 6.96. The predicted molar refractivity (Wildman–Crippen MR) is 114 cm³/mol. The van der Waals surface area contributed by atoms with Crippen LogP contribution in [0.5, 0.6) is 0 Å². The van der Waals surface area contributed by atoms with E-state index in [9.17, 15) is 0 Å². The molecule has 1 heteroatoms. The molecule has 2 aliphatic carbocycles. The van der Waals surface area contributed by atoms with Gasteiger partial charge in [-0.1, -0.05) is 78.9 Å². The molecular weight excluding hydrogens is 332 g/mol. The highest BCUT2D eigenvalue weighted by molar-refractivity contribution is 8.37. The largest absolute Gasteiger partial charge is 0.146 e. The summed E-state index contributed by atoms with van der Waals surface area (Å²) in [5, 5.41) is 0.413. The molecule has 128 valence electrons. The molecule has 0 saturated heterocycles. The van der Waals surface area contributed by atoms with Crippen molar-refractivity contribution in [3.8, 4) is 0 Å². The average Bonchev–Trinajstić information content (AvgIpc) is 3.01. The van der Waals surface area contributed by atoms with Crippen LogP contribution in [0.25, 0.3) is 0 Å². The Morgan fingerprint density at radius 3 is 2.04 bits per heavy atom. The number of hydrogen-bond acceptors (Lipinski definition) is 0. The summed E-state index contributed by atoms with van der Waals surface area (Å²) >= 11 is 0. The molecule has 0 fully saturated rings. The smallest absolute Gasteiger partial charge is 0.0409 e. The lowest BCUT2D eigenvalue weighted by molar-refractivity contribution is 1.03. The summed E-state index contributed by atoms with van der Waals surface area (Å²) in [6.45, 7) is 0. The quantitative estimate of drug-likeness (QED) is 0.521. The molecule has 2 aromatic carbocycles. The lowest BCUT2D eigenvalue weighted by Gasteiger charge is -2.47. The van der Waals surface area contributed by atoms with Crippen molar-refractivity contribution in [3.05, 3.63) is 126 Å². The van der Waals surface area contributed by atoms with Crippen molar-refractivity contribution in [2.45, 2.75) is 21.5 Å². The molecule has 4 rings (SSSR count). The molecule has 0 aliphatic heterocycles. The van der Waals surface area contributed by atoms with Crippen LogP contribution in [0.4, 0.5) is 0 Å². The van der Waals surface area contributed by atoms with E-state index in [1.807, 2.05) is 6.08 Å². The van der Waals surface area contributed by atoms with Gasteiger partial charge in [0.15, 0.2) is 0 Å². The lowest BCUT2D eigenvalue weighted by atomic mass is 10.2. The van der Waals surface area contributed by atoms with Crippen molar-refractivity contribution in [2.75, 3.05) is 0 Å². The highest BCUT2D eigenvalue weighted by Crippen LogP contribution is 2.72. The SMILES string of the molecule is C1=CC=CC=CC=1S(c1ccccc1)(c1ccccc1)C1C=CC=CC1. The van der Waals surface area contributed by atoms with Crippen molar-refractivity contribution < 1.29 is 0 Å². The first-order valence-corrected chi connectivity index (χ1v) is 10.7. The minimum atomic E-state index is -1.47. The molecule has 1 atom stereocenters. The Balaban J connectivity index is 2.05. The molecule has 2 aromatic rings. The number of rotatable bonds is 4. The maximum Gasteiger partial charge on any atom is 0.0409 e. The molecule has 0 saturated carbocycles. The first-order chi connectivity index (χ1) is 12.9. The molecule has 0 nitrogen and oxygen atoms in total. The van der Waals surface area contributed by atoms with Crippen LogP contribution in [0.2, 0.25) is 0 Å². The van der Waals surface area contributed by atoms with Gasteiger partial charge in [-0.15, -0.1) is 15.8 Å². The molecular formula is C25H22S. The third-order valence-electron chi connectivity index (χ3n) is 4.76. The summed E-state index contributed by atoms with van der Waals surface area (Å²) in [7, 11) is -1.47. The molecule has 26 heavy (non-hydrogen) atoms. The van der Waals surface area contributed by atoms with E-state index in [4.69, 9.17) is 0 Å². The zero-order valence-corrected chi connectivity index (χ0v) is 15.5. The molecule has 1 unspecified atom stereocenters. The van der Waals surface area contributed by atoms with Crippen LogP contribution in [0.1, 0.15) is 6.42 Å². The summed E-state index contributed by atoms with van der Waals surface area (Å²) in [6, 6.07) is 22.0. The Hall–Kier alpha value is -2.73. The topological polar surface area (TPSA) is 0 Å². The summed E-state index contributed by atoms with van der Waals surface area (Å²) in [5.41, 5.74) is 3.61. The van der Waals surface area contributed by atoms with Gasteiger partial charge in [-0.3, -0.25) is 0 Å². The Morgan fingerprint density at radius 1 is 0.731 bits per heavy atom. The zero-order valence-electron chi connectivity index (χ0n) is 14.7. The third-order valence-corrected chi connectivity index (χ3v) is 9.00. The molecule has 2 aliphatic rings. The van der Waals surface area contributed by atoms with Gasteiger partial charge in [-0.25, -0.2) is 0 Å². The Bertz CT molecular complexity index is 897. The van der Waals surface area contributed by atoms with Gasteiger partial charge in [0.1, 0.15) is 0 Å². The summed E-state index contributed by atoms with van der Waals surface area (Å²) in [5.74, 6) is 0. The molecule has 0 bridgehead atoms. The van der Waals surface area contributed by atoms with Gasteiger partial charge in [-0.05, 0) is 52.6 Å². The van der Waals surface area contributed by atoms with E-state index < -0.39 is 10.0 Å². The van der Waals surface area contributed by atoms with E-state index in [2.05, 4.69) is 115 Å². The van der Waals surface area contributed by atoms with Gasteiger partial charge >= 0.3 is 0 Å². The first-order valence-electron chi connectivity index (χ1n) is 8.98. The number of hydrogen-bond donors (Lipinski definition) is 0. The third kappa shape index (κ3) is 2.97. The van der Waals surface area contributed by atoms with Gasteiger partial charge in [0, 0.05) is 10.2 Å². The maximum absolute atomic E-state index is 3.61. The normalized spacial score (nSPS) is 19.2. The van der Waals surface area contributed by atoms with Crippen LogP contribution < -0.4 is 0 Å². The van der Waals surface area contributed by atoms with Crippen molar-refractivity contribution in [1.82, 2.24) is 0 Å². The molecule has 0 radical (unpaired) electrons. The molecule has 0 aromatic heterocycles. The van der Waals surface area contributed by atoms with Crippen molar-refractivity contribution in [3.63, 3.8) is 0 Å². The van der Waals surface area contributed by atoms with E-state index in [-0.39, 0.29) is 0 Å². The van der Waals surface area contributed by atoms with Crippen LogP contribution in [0.15, 0.2) is 136 Å². The van der Waals surface area contributed by atoms with Gasteiger partial charge in [0.25, 0.3) is 0 Å². The summed E-state index contributed by atoms with van der Waals surface area (Å²) in [6.07, 6.45) is 20.7. The second-order valence-corrected chi connectivity index (χ2v) is 9.60. The Kier molecular flexibility index (Phi) is 4.93. The molecule has 0 N–H and O–H groups in total. The fourth-order valence-corrected chi connectivity index (χ4v) is 7.89. The van der Waals surface area contributed by atoms with E-state index in [1.165, 1.54) is 14.7 Å². The lowest BCUT2D eigenvalue weighted by Crippen LogP contribution is -2.19. The second kappa shape index (κ2) is 7.66. The molecule has 0 spiro atoms. The van der Waals surface area contributed by atoms with E-state index in [1.54, 1.807) is 0 Å². The van der Waals surface area contributed by atoms with E-state index in [0.717, 1.165) is 6.42 Å². The van der Waals surface area contributed by atoms with Gasteiger partial charge in [0.2, 0.25) is 0 Å². The standard InChI is InChI=1S/C25H22S/c1-2-7-15-22(14-6-1)26(23-16-8-3-9-17-23,24-18-10-4-11-19-24)25-20-12-5-13-21-25/h1-14,16-20,25H,21H2. The highest BCUT2D eigenvalue weighted by atomic mass is 32.3. The van der Waals surface area contributed by atoms with Crippen LogP contribution in [0.3, 0.4) is 0 Å². The summed E-state index contributed by atoms with van der Waals surface area (Å²) in [4.78, 5) is 4.06. The Morgan fingerprint density at radius 2 is 1.42 bits per heavy atom. The average molecular weight is 355 g/mol. The maximum atomic E-state index is 3.61. The first kappa shape index (κ1) is 16.7. The number of allylic oxidation sites excluding steroid dienone is 7. The second-order valence-electron chi connectivity index (χ2n) is 6.29. The van der Waals surface area contributed by atoms with Crippen LogP contribution in [-0.2, 0) is 0 Å². The van der Waals surface area contributed by atoms with Crippen LogP contribution in [0, 0.1) is 0 Å². The van der Waals surface area contributed by atoms with Gasteiger partial charge in [0.05, 0.1) is 0 Å². The minimum absolute atomic E-state index is 0.413. The molecule has 0 amide bonds. The van der Waals surface area contributed by atoms with Crippen LogP contribution in [-0.4, -0.2) is 5.25 Å². The van der Waals surface area contributed by atoms with Crippen molar-refractivity contribution in [2.24, 2.45) is 0 Å². The van der Waals surface area contributed by atoms with Gasteiger partial charge < -0.3 is 0 Å². The fraction of sp³-hybridized carbons (Fsp3) is 0.0800. The monoisotopic (exact) mass is 354 g/mol. The number of benzene rings is 2. The van der Waals surface area contributed by atoms with Crippen LogP contribution >= 0.6 is 10.0 Å². The van der Waals surface area contributed by atoms with Crippen molar-refractivity contribution in [1.29, 1.82) is 0 Å². The highest BCUT2D eigenvalue weighted by Gasteiger charge is 2.38. The molecule has 0 heterocycles. The Labute approximate surface area is 157 Å². The van der Waals surface area contributed by atoms with Crippen molar-refractivity contribution >= 4 is 10.0 Å². The van der Waals surface area contributed by atoms with E-state index >= 15 is 0 Å². The zero-order chi connectivity index (χ0) is 17.7. The minimum Gasteiger partial charge on any atom is -0.146 e.